The second kappa shape index (κ2) is 6.16. The summed E-state index contributed by atoms with van der Waals surface area (Å²) in [5.74, 6) is -1.48. The minimum absolute atomic E-state index is 0.207. The lowest BCUT2D eigenvalue weighted by atomic mass is 10.1. The zero-order valence-corrected chi connectivity index (χ0v) is 10.6. The van der Waals surface area contributed by atoms with Crippen LogP contribution < -0.4 is 10.6 Å². The van der Waals surface area contributed by atoms with Gasteiger partial charge in [0.15, 0.2) is 0 Å². The topological polar surface area (TPSA) is 83.6 Å². The third kappa shape index (κ3) is 3.56. The zero-order valence-electron chi connectivity index (χ0n) is 10.6. The summed E-state index contributed by atoms with van der Waals surface area (Å²) in [4.78, 5) is 23.8. The maximum atomic E-state index is 11.8. The number of carboxylic acid groups (broad SMARTS) is 1. The van der Waals surface area contributed by atoms with Crippen molar-refractivity contribution in [3.05, 3.63) is 29.8 Å². The molecule has 1 amide bonds. The molecule has 0 radical (unpaired) electrons. The number of nitrogens with zero attached hydrogens (tertiary/aromatic N) is 1. The van der Waals surface area contributed by atoms with Crippen LogP contribution in [0.4, 0.5) is 5.69 Å². The van der Waals surface area contributed by atoms with Crippen LogP contribution in [0, 0.1) is 0 Å². The van der Waals surface area contributed by atoms with Crippen molar-refractivity contribution in [3.8, 4) is 0 Å². The van der Waals surface area contributed by atoms with Crippen LogP contribution in [-0.2, 0) is 16.0 Å². The number of rotatable bonds is 5. The van der Waals surface area contributed by atoms with Crippen molar-refractivity contribution in [1.82, 2.24) is 0 Å². The summed E-state index contributed by atoms with van der Waals surface area (Å²) in [5.41, 5.74) is 7.25. The third-order valence-electron chi connectivity index (χ3n) is 2.82. The Morgan fingerprint density at radius 2 is 1.89 bits per heavy atom. The molecule has 98 valence electrons. The van der Waals surface area contributed by atoms with Gasteiger partial charge in [0.2, 0.25) is 5.91 Å². The van der Waals surface area contributed by atoms with Crippen molar-refractivity contribution in [2.45, 2.75) is 25.8 Å². The van der Waals surface area contributed by atoms with Gasteiger partial charge in [-0.25, -0.2) is 0 Å². The highest BCUT2D eigenvalue weighted by atomic mass is 16.4. The van der Waals surface area contributed by atoms with E-state index in [9.17, 15) is 9.59 Å². The molecular formula is C13H18N2O3. The number of anilines is 1. The first kappa shape index (κ1) is 14.2. The lowest BCUT2D eigenvalue weighted by molar-refractivity contribution is -0.140. The second-order valence-corrected chi connectivity index (χ2v) is 4.12. The molecular weight excluding hydrogens is 232 g/mol. The molecule has 1 rings (SSSR count). The monoisotopic (exact) mass is 250 g/mol. The van der Waals surface area contributed by atoms with Crippen LogP contribution in [0.3, 0.4) is 0 Å². The Morgan fingerprint density at radius 3 is 2.33 bits per heavy atom. The Labute approximate surface area is 106 Å². The molecule has 0 aliphatic rings. The van der Waals surface area contributed by atoms with E-state index in [0.29, 0.717) is 0 Å². The Bertz CT molecular complexity index is 428. The molecule has 3 N–H and O–H groups in total. The standard InChI is InChI=1S/C13H18N2O3/c1-3-9-4-6-10(7-5-9)15(2)12(16)8-11(14)13(17)18/h4-7,11H,3,8,14H2,1-2H3,(H,17,18). The SMILES string of the molecule is CCc1ccc(N(C)C(=O)CC(N)C(=O)O)cc1. The van der Waals surface area contributed by atoms with Gasteiger partial charge in [-0.1, -0.05) is 19.1 Å². The second-order valence-electron chi connectivity index (χ2n) is 4.12. The molecule has 0 heterocycles. The van der Waals surface area contributed by atoms with E-state index in [2.05, 4.69) is 6.92 Å². The van der Waals surface area contributed by atoms with Gasteiger partial charge in [0.05, 0.1) is 6.42 Å². The fourth-order valence-electron chi connectivity index (χ4n) is 1.51. The Kier molecular flexibility index (Phi) is 4.85. The van der Waals surface area contributed by atoms with Gasteiger partial charge in [0.1, 0.15) is 6.04 Å². The van der Waals surface area contributed by atoms with Crippen LogP contribution in [0.1, 0.15) is 18.9 Å². The molecule has 1 unspecified atom stereocenters. The number of hydrogen-bond donors (Lipinski definition) is 2. The number of carboxylic acids is 1. The summed E-state index contributed by atoms with van der Waals surface area (Å²) in [6, 6.07) is 6.40. The highest BCUT2D eigenvalue weighted by Gasteiger charge is 2.19. The number of hydrogen-bond acceptors (Lipinski definition) is 3. The molecule has 0 spiro atoms. The molecule has 0 bridgehead atoms. The molecule has 0 aliphatic carbocycles. The van der Waals surface area contributed by atoms with E-state index in [4.69, 9.17) is 10.8 Å². The quantitative estimate of drug-likeness (QED) is 0.817. The molecule has 0 aromatic heterocycles. The highest BCUT2D eigenvalue weighted by Crippen LogP contribution is 2.15. The summed E-state index contributed by atoms with van der Waals surface area (Å²) in [5, 5.41) is 8.66. The van der Waals surface area contributed by atoms with E-state index in [0.717, 1.165) is 12.1 Å². The van der Waals surface area contributed by atoms with E-state index in [-0.39, 0.29) is 12.3 Å². The summed E-state index contributed by atoms with van der Waals surface area (Å²) in [6.07, 6.45) is 0.725. The van der Waals surface area contributed by atoms with Gasteiger partial charge in [0, 0.05) is 12.7 Å². The molecule has 18 heavy (non-hydrogen) atoms. The Hall–Kier alpha value is -1.88. The smallest absolute Gasteiger partial charge is 0.321 e. The van der Waals surface area contributed by atoms with Gasteiger partial charge < -0.3 is 15.7 Å². The van der Waals surface area contributed by atoms with Gasteiger partial charge in [-0.15, -0.1) is 0 Å². The van der Waals surface area contributed by atoms with Gasteiger partial charge in [0.25, 0.3) is 0 Å². The van der Waals surface area contributed by atoms with Crippen molar-refractivity contribution in [1.29, 1.82) is 0 Å². The first-order valence-electron chi connectivity index (χ1n) is 5.79. The maximum absolute atomic E-state index is 11.8. The number of nitrogens with two attached hydrogens (primary N) is 1. The third-order valence-corrected chi connectivity index (χ3v) is 2.82. The minimum atomic E-state index is -1.17. The molecule has 1 aromatic carbocycles. The molecule has 0 saturated heterocycles. The lowest BCUT2D eigenvalue weighted by Gasteiger charge is -2.18. The summed E-state index contributed by atoms with van der Waals surface area (Å²) < 4.78 is 0. The molecule has 5 heteroatoms. The average Bonchev–Trinajstić information content (AvgIpc) is 2.37. The fraction of sp³-hybridized carbons (Fsp3) is 0.385. The van der Waals surface area contributed by atoms with Crippen molar-refractivity contribution in [3.63, 3.8) is 0 Å². The number of carbonyl (C=O) groups excluding carboxylic acids is 1. The first-order chi connectivity index (χ1) is 8.45. The lowest BCUT2D eigenvalue weighted by Crippen LogP contribution is -2.37. The number of amides is 1. The van der Waals surface area contributed by atoms with Crippen molar-refractivity contribution in [2.24, 2.45) is 5.73 Å². The van der Waals surface area contributed by atoms with Crippen LogP contribution in [0.2, 0.25) is 0 Å². The van der Waals surface area contributed by atoms with Gasteiger partial charge in [-0.05, 0) is 24.1 Å². The largest absolute Gasteiger partial charge is 0.480 e. The number of carbonyl (C=O) groups is 2. The van der Waals surface area contributed by atoms with E-state index in [1.807, 2.05) is 24.3 Å². The normalized spacial score (nSPS) is 11.9. The summed E-state index contributed by atoms with van der Waals surface area (Å²) >= 11 is 0. The Balaban J connectivity index is 2.70. The van der Waals surface area contributed by atoms with Crippen molar-refractivity contribution < 1.29 is 14.7 Å². The molecule has 0 saturated carbocycles. The molecule has 1 atom stereocenters. The van der Waals surface area contributed by atoms with Gasteiger partial charge in [-0.2, -0.15) is 0 Å². The number of aryl methyl sites for hydroxylation is 1. The molecule has 5 nitrogen and oxygen atoms in total. The minimum Gasteiger partial charge on any atom is -0.480 e. The average molecular weight is 250 g/mol. The zero-order chi connectivity index (χ0) is 13.7. The first-order valence-corrected chi connectivity index (χ1v) is 5.79. The van der Waals surface area contributed by atoms with Crippen LogP contribution in [0.5, 0.6) is 0 Å². The van der Waals surface area contributed by atoms with E-state index in [1.165, 1.54) is 10.5 Å². The van der Waals surface area contributed by atoms with E-state index < -0.39 is 12.0 Å². The fourth-order valence-corrected chi connectivity index (χ4v) is 1.51. The molecule has 0 aliphatic heterocycles. The van der Waals surface area contributed by atoms with Gasteiger partial charge >= 0.3 is 5.97 Å². The molecule has 0 fully saturated rings. The van der Waals surface area contributed by atoms with Crippen molar-refractivity contribution in [2.75, 3.05) is 11.9 Å². The van der Waals surface area contributed by atoms with E-state index in [1.54, 1.807) is 7.05 Å². The summed E-state index contributed by atoms with van der Waals surface area (Å²) in [7, 11) is 1.61. The van der Waals surface area contributed by atoms with Crippen LogP contribution in [0.25, 0.3) is 0 Å². The van der Waals surface area contributed by atoms with Gasteiger partial charge in [-0.3, -0.25) is 9.59 Å². The van der Waals surface area contributed by atoms with Crippen LogP contribution >= 0.6 is 0 Å². The maximum Gasteiger partial charge on any atom is 0.321 e. The highest BCUT2D eigenvalue weighted by molar-refractivity contribution is 5.95. The van der Waals surface area contributed by atoms with Crippen LogP contribution in [-0.4, -0.2) is 30.1 Å². The Morgan fingerprint density at radius 1 is 1.33 bits per heavy atom. The summed E-state index contributed by atoms with van der Waals surface area (Å²) in [6.45, 7) is 2.05. The molecule has 1 aromatic rings. The van der Waals surface area contributed by atoms with Crippen LogP contribution in [0.15, 0.2) is 24.3 Å². The number of aliphatic carboxylic acids is 1. The van der Waals surface area contributed by atoms with Crippen molar-refractivity contribution >= 4 is 17.6 Å². The predicted molar refractivity (Wildman–Crippen MR) is 69.5 cm³/mol. The predicted octanol–water partition coefficient (Wildman–Crippen LogP) is 1.01. The number of benzene rings is 1. The van der Waals surface area contributed by atoms with E-state index >= 15 is 0 Å².